The molecule has 1 aliphatic rings. The standard InChI is InChI=1S/C17H32N2/c1-4-6-7-8-9-10-11-12-14-19-16-15-18(13-5-2)17(19)3/h5,15-17H,2,4,6-14H2,1,3H3. The van der Waals surface area contributed by atoms with E-state index in [1.54, 1.807) is 0 Å². The third-order valence-corrected chi connectivity index (χ3v) is 4.02. The fourth-order valence-corrected chi connectivity index (χ4v) is 2.66. The maximum absolute atomic E-state index is 3.81. The fourth-order valence-electron chi connectivity index (χ4n) is 2.66. The van der Waals surface area contributed by atoms with Crippen LogP contribution < -0.4 is 0 Å². The van der Waals surface area contributed by atoms with Gasteiger partial charge in [-0.05, 0) is 13.3 Å². The van der Waals surface area contributed by atoms with Crippen LogP contribution in [0.4, 0.5) is 0 Å². The second-order valence-corrected chi connectivity index (χ2v) is 5.63. The highest BCUT2D eigenvalue weighted by Gasteiger charge is 2.19. The van der Waals surface area contributed by atoms with E-state index >= 15 is 0 Å². The van der Waals surface area contributed by atoms with Gasteiger partial charge in [-0.3, -0.25) is 0 Å². The highest BCUT2D eigenvalue weighted by molar-refractivity contribution is 4.97. The van der Waals surface area contributed by atoms with Gasteiger partial charge in [0.15, 0.2) is 0 Å². The molecular formula is C17H32N2. The summed E-state index contributed by atoms with van der Waals surface area (Å²) in [4.78, 5) is 4.78. The van der Waals surface area contributed by atoms with Crippen molar-refractivity contribution < 1.29 is 0 Å². The van der Waals surface area contributed by atoms with Gasteiger partial charge in [0.05, 0.1) is 6.17 Å². The van der Waals surface area contributed by atoms with Gasteiger partial charge in [0.2, 0.25) is 0 Å². The molecule has 0 aromatic carbocycles. The van der Waals surface area contributed by atoms with Crippen molar-refractivity contribution in [1.29, 1.82) is 0 Å². The summed E-state index contributed by atoms with van der Waals surface area (Å²) >= 11 is 0. The van der Waals surface area contributed by atoms with Gasteiger partial charge in [0.25, 0.3) is 0 Å². The van der Waals surface area contributed by atoms with E-state index in [9.17, 15) is 0 Å². The van der Waals surface area contributed by atoms with Crippen molar-refractivity contribution in [3.05, 3.63) is 25.1 Å². The minimum Gasteiger partial charge on any atom is -0.356 e. The Morgan fingerprint density at radius 2 is 1.53 bits per heavy atom. The first-order chi connectivity index (χ1) is 9.29. The Balaban J connectivity index is 1.98. The van der Waals surface area contributed by atoms with Gasteiger partial charge in [-0.25, -0.2) is 0 Å². The van der Waals surface area contributed by atoms with Gasteiger partial charge in [-0.15, -0.1) is 6.58 Å². The summed E-state index contributed by atoms with van der Waals surface area (Å²) in [7, 11) is 0. The molecule has 1 atom stereocenters. The first kappa shape index (κ1) is 16.1. The molecule has 1 heterocycles. The summed E-state index contributed by atoms with van der Waals surface area (Å²) in [5.41, 5.74) is 0. The van der Waals surface area contributed by atoms with Crippen molar-refractivity contribution in [1.82, 2.24) is 9.80 Å². The van der Waals surface area contributed by atoms with E-state index in [4.69, 9.17) is 0 Å². The van der Waals surface area contributed by atoms with Gasteiger partial charge in [-0.1, -0.05) is 57.9 Å². The van der Waals surface area contributed by atoms with Crippen LogP contribution in [0.5, 0.6) is 0 Å². The van der Waals surface area contributed by atoms with E-state index in [1.807, 2.05) is 6.08 Å². The lowest BCUT2D eigenvalue weighted by molar-refractivity contribution is 0.179. The van der Waals surface area contributed by atoms with Crippen LogP contribution in [0.15, 0.2) is 25.1 Å². The lowest BCUT2D eigenvalue weighted by Gasteiger charge is -2.29. The molecule has 0 spiro atoms. The van der Waals surface area contributed by atoms with Crippen LogP contribution in [-0.2, 0) is 0 Å². The third-order valence-electron chi connectivity index (χ3n) is 4.02. The summed E-state index contributed by atoms with van der Waals surface area (Å²) < 4.78 is 0. The van der Waals surface area contributed by atoms with Crippen molar-refractivity contribution in [2.75, 3.05) is 13.1 Å². The number of rotatable bonds is 11. The first-order valence-corrected chi connectivity index (χ1v) is 8.10. The van der Waals surface area contributed by atoms with E-state index in [-0.39, 0.29) is 0 Å². The third kappa shape index (κ3) is 6.17. The lowest BCUT2D eigenvalue weighted by atomic mass is 10.1. The number of nitrogens with zero attached hydrogens (tertiary/aromatic N) is 2. The van der Waals surface area contributed by atoms with Gasteiger partial charge in [0, 0.05) is 25.5 Å². The molecule has 19 heavy (non-hydrogen) atoms. The molecule has 2 heteroatoms. The normalized spacial score (nSPS) is 18.3. The predicted octanol–water partition coefficient (Wildman–Crippen LogP) is 4.75. The Bertz CT molecular complexity index is 260. The monoisotopic (exact) mass is 264 g/mol. The lowest BCUT2D eigenvalue weighted by Crippen LogP contribution is -2.36. The summed E-state index contributed by atoms with van der Waals surface area (Å²) in [6.45, 7) is 10.5. The van der Waals surface area contributed by atoms with E-state index in [0.717, 1.165) is 6.54 Å². The molecule has 0 bridgehead atoms. The van der Waals surface area contributed by atoms with Crippen molar-refractivity contribution in [3.63, 3.8) is 0 Å². The van der Waals surface area contributed by atoms with Gasteiger partial charge in [-0.2, -0.15) is 0 Å². The van der Waals surface area contributed by atoms with Crippen LogP contribution in [0.2, 0.25) is 0 Å². The molecule has 0 aliphatic carbocycles. The maximum atomic E-state index is 3.81. The van der Waals surface area contributed by atoms with Crippen molar-refractivity contribution in [2.45, 2.75) is 71.4 Å². The molecule has 0 aromatic heterocycles. The number of hydrogen-bond donors (Lipinski definition) is 0. The van der Waals surface area contributed by atoms with Crippen molar-refractivity contribution in [2.24, 2.45) is 0 Å². The van der Waals surface area contributed by atoms with Gasteiger partial charge >= 0.3 is 0 Å². The topological polar surface area (TPSA) is 6.48 Å². The second-order valence-electron chi connectivity index (χ2n) is 5.63. The quantitative estimate of drug-likeness (QED) is 0.392. The molecule has 2 nitrogen and oxygen atoms in total. The first-order valence-electron chi connectivity index (χ1n) is 8.10. The molecule has 110 valence electrons. The maximum Gasteiger partial charge on any atom is 0.0980 e. The largest absolute Gasteiger partial charge is 0.356 e. The molecule has 0 fully saturated rings. The van der Waals surface area contributed by atoms with E-state index in [0.29, 0.717) is 6.17 Å². The Hall–Kier alpha value is -0.920. The van der Waals surface area contributed by atoms with Crippen LogP contribution in [0.1, 0.15) is 65.2 Å². The zero-order chi connectivity index (χ0) is 13.9. The molecule has 0 aromatic rings. The van der Waals surface area contributed by atoms with Crippen LogP contribution in [0.3, 0.4) is 0 Å². The van der Waals surface area contributed by atoms with E-state index in [1.165, 1.54) is 57.9 Å². The molecule has 1 unspecified atom stereocenters. The highest BCUT2D eigenvalue weighted by atomic mass is 15.4. The van der Waals surface area contributed by atoms with Crippen LogP contribution in [0.25, 0.3) is 0 Å². The van der Waals surface area contributed by atoms with Gasteiger partial charge in [0.1, 0.15) is 0 Å². The number of hydrogen-bond acceptors (Lipinski definition) is 2. The van der Waals surface area contributed by atoms with Crippen LogP contribution >= 0.6 is 0 Å². The van der Waals surface area contributed by atoms with Crippen LogP contribution in [-0.4, -0.2) is 29.1 Å². The highest BCUT2D eigenvalue weighted by Crippen LogP contribution is 2.16. The second kappa shape index (κ2) is 9.94. The summed E-state index contributed by atoms with van der Waals surface area (Å²) in [5, 5.41) is 0. The molecular weight excluding hydrogens is 232 g/mol. The Morgan fingerprint density at radius 3 is 2.16 bits per heavy atom. The average molecular weight is 264 g/mol. The minimum absolute atomic E-state index is 0.502. The smallest absolute Gasteiger partial charge is 0.0980 e. The summed E-state index contributed by atoms with van der Waals surface area (Å²) in [6.07, 6.45) is 18.1. The van der Waals surface area contributed by atoms with E-state index in [2.05, 4.69) is 42.6 Å². The molecule has 0 amide bonds. The molecule has 1 aliphatic heterocycles. The molecule has 0 saturated carbocycles. The molecule has 0 radical (unpaired) electrons. The van der Waals surface area contributed by atoms with E-state index < -0.39 is 0 Å². The zero-order valence-corrected chi connectivity index (χ0v) is 13.0. The molecule has 1 rings (SSSR count). The SMILES string of the molecule is C=CCN1C=CN(CCCCCCCCCC)C1C. The average Bonchev–Trinajstić information content (AvgIpc) is 2.75. The Kier molecular flexibility index (Phi) is 8.44. The van der Waals surface area contributed by atoms with Crippen molar-refractivity contribution >= 4 is 0 Å². The summed E-state index contributed by atoms with van der Waals surface area (Å²) in [6, 6.07) is 0. The number of unbranched alkanes of at least 4 members (excludes halogenated alkanes) is 7. The van der Waals surface area contributed by atoms with Crippen LogP contribution in [0, 0.1) is 0 Å². The summed E-state index contributed by atoms with van der Waals surface area (Å²) in [5.74, 6) is 0. The zero-order valence-electron chi connectivity index (χ0n) is 13.0. The molecule has 0 N–H and O–H groups in total. The minimum atomic E-state index is 0.502. The predicted molar refractivity (Wildman–Crippen MR) is 84.8 cm³/mol. The van der Waals surface area contributed by atoms with Crippen molar-refractivity contribution in [3.8, 4) is 0 Å². The Labute approximate surface area is 120 Å². The van der Waals surface area contributed by atoms with Gasteiger partial charge < -0.3 is 9.80 Å². The molecule has 0 saturated heterocycles. The fraction of sp³-hybridized carbons (Fsp3) is 0.765. The Morgan fingerprint density at radius 1 is 0.947 bits per heavy atom.